The molecule has 1 aromatic carbocycles. The number of allylic oxidation sites excluding steroid dienone is 2. The summed E-state index contributed by atoms with van der Waals surface area (Å²) in [5, 5.41) is 12.1. The molecule has 0 radical (unpaired) electrons. The largest absolute Gasteiger partial charge is 0.510 e. The van der Waals surface area contributed by atoms with Crippen LogP contribution < -0.4 is 5.06 Å². The van der Waals surface area contributed by atoms with E-state index in [0.717, 1.165) is 5.56 Å². The third-order valence-electron chi connectivity index (χ3n) is 4.99. The molecule has 1 fully saturated rings. The normalized spacial score (nSPS) is 23.3. The van der Waals surface area contributed by atoms with Crippen molar-refractivity contribution >= 4 is 23.2 Å². The molecular weight excluding hydrogens is 350 g/mol. The minimum atomic E-state index is -1.84. The van der Waals surface area contributed by atoms with Crippen molar-refractivity contribution in [3.63, 3.8) is 0 Å². The zero-order valence-electron chi connectivity index (χ0n) is 15.2. The molecule has 2 aliphatic rings. The van der Waals surface area contributed by atoms with Crippen LogP contribution in [0.1, 0.15) is 12.0 Å². The van der Waals surface area contributed by atoms with Gasteiger partial charge in [-0.2, -0.15) is 0 Å². The first-order chi connectivity index (χ1) is 12.9. The Bertz CT molecular complexity index is 827. The smallest absolute Gasteiger partial charge is 0.326 e. The van der Waals surface area contributed by atoms with Crippen molar-refractivity contribution in [2.45, 2.75) is 18.6 Å². The number of carbonyl (C=O) groups is 2. The maximum Gasteiger partial charge on any atom is 0.326 e. The van der Waals surface area contributed by atoms with E-state index in [1.807, 2.05) is 12.1 Å². The van der Waals surface area contributed by atoms with E-state index in [0.29, 0.717) is 11.3 Å². The highest BCUT2D eigenvalue weighted by atomic mass is 16.7. The van der Waals surface area contributed by atoms with Gasteiger partial charge in [-0.15, -0.1) is 0 Å². The summed E-state index contributed by atoms with van der Waals surface area (Å²) in [7, 11) is 2.36. The van der Waals surface area contributed by atoms with Crippen molar-refractivity contribution in [2.24, 2.45) is 5.41 Å². The Kier molecular flexibility index (Phi) is 4.80. The van der Waals surface area contributed by atoms with Gasteiger partial charge in [0, 0.05) is 12.0 Å². The number of carbonyl (C=O) groups excluding carboxylic acids is 2. The number of ether oxygens (including phenoxy) is 2. The summed E-state index contributed by atoms with van der Waals surface area (Å²) in [5.74, 6) is -1.93. The molecule has 0 saturated carbocycles. The number of fused-ring (bicyclic) bond motifs is 4. The van der Waals surface area contributed by atoms with Crippen LogP contribution in [-0.4, -0.2) is 43.4 Å². The lowest BCUT2D eigenvalue weighted by Crippen LogP contribution is -2.65. The van der Waals surface area contributed by atoms with Gasteiger partial charge in [0.1, 0.15) is 17.9 Å². The molecule has 1 aromatic rings. The molecule has 27 heavy (non-hydrogen) atoms. The fraction of sp³-hybridized carbons (Fsp3) is 0.300. The number of para-hydroxylation sites is 1. The second-order valence-electron chi connectivity index (χ2n) is 6.35. The number of hydrogen-bond donors (Lipinski definition) is 1. The molecule has 0 amide bonds. The Morgan fingerprint density at radius 1 is 1.30 bits per heavy atom. The highest BCUT2D eigenvalue weighted by molar-refractivity contribution is 6.03. The van der Waals surface area contributed by atoms with E-state index in [-0.39, 0.29) is 12.2 Å². The van der Waals surface area contributed by atoms with Crippen molar-refractivity contribution in [2.75, 3.05) is 19.3 Å². The lowest BCUT2D eigenvalue weighted by atomic mass is 9.70. The van der Waals surface area contributed by atoms with Gasteiger partial charge in [0.25, 0.3) is 0 Å². The first-order valence-corrected chi connectivity index (χ1v) is 8.35. The monoisotopic (exact) mass is 371 g/mol. The second-order valence-corrected chi connectivity index (χ2v) is 6.35. The van der Waals surface area contributed by atoms with Gasteiger partial charge >= 0.3 is 11.9 Å². The lowest BCUT2D eigenvalue weighted by Gasteiger charge is -2.51. The van der Waals surface area contributed by atoms with Crippen LogP contribution in [-0.2, 0) is 23.9 Å². The van der Waals surface area contributed by atoms with Gasteiger partial charge in [0.2, 0.25) is 0 Å². The first-order valence-electron chi connectivity index (χ1n) is 8.35. The topological polar surface area (TPSA) is 85.3 Å². The number of benzene rings is 1. The highest BCUT2D eigenvalue weighted by Crippen LogP contribution is 2.51. The number of rotatable bonds is 4. The van der Waals surface area contributed by atoms with Crippen LogP contribution >= 0.6 is 0 Å². The van der Waals surface area contributed by atoms with Crippen LogP contribution in [0.5, 0.6) is 0 Å². The van der Waals surface area contributed by atoms with Crippen LogP contribution in [0, 0.1) is 5.41 Å². The Balaban J connectivity index is 2.30. The maximum absolute atomic E-state index is 12.9. The first kappa shape index (κ1) is 18.7. The predicted octanol–water partition coefficient (Wildman–Crippen LogP) is 2.55. The third-order valence-corrected chi connectivity index (χ3v) is 4.99. The van der Waals surface area contributed by atoms with Crippen molar-refractivity contribution in [3.05, 3.63) is 60.9 Å². The van der Waals surface area contributed by atoms with Crippen LogP contribution in [0.3, 0.4) is 0 Å². The number of nitrogens with zero attached hydrogens (tertiary/aromatic N) is 1. The molecule has 2 heterocycles. The molecule has 7 nitrogen and oxygen atoms in total. The molecule has 1 saturated heterocycles. The maximum atomic E-state index is 12.9. The van der Waals surface area contributed by atoms with E-state index in [9.17, 15) is 14.7 Å². The summed E-state index contributed by atoms with van der Waals surface area (Å²) in [6, 6.07) is 6.08. The number of hydroxylamine groups is 1. The van der Waals surface area contributed by atoms with Gasteiger partial charge in [-0.1, -0.05) is 37.4 Å². The van der Waals surface area contributed by atoms with Gasteiger partial charge in [-0.25, -0.2) is 5.06 Å². The molecule has 142 valence electrons. The number of aliphatic hydroxyl groups excluding tert-OH is 1. The molecule has 0 aromatic heterocycles. The molecule has 2 atom stereocenters. The van der Waals surface area contributed by atoms with Gasteiger partial charge in [0.05, 0.1) is 19.9 Å². The zero-order chi connectivity index (χ0) is 19.8. The van der Waals surface area contributed by atoms with E-state index in [1.54, 1.807) is 12.1 Å². The van der Waals surface area contributed by atoms with E-state index in [4.69, 9.17) is 14.3 Å². The average molecular weight is 371 g/mol. The van der Waals surface area contributed by atoms with Crippen molar-refractivity contribution in [1.82, 2.24) is 0 Å². The number of hydrogen-bond acceptors (Lipinski definition) is 7. The van der Waals surface area contributed by atoms with Crippen molar-refractivity contribution in [1.29, 1.82) is 0 Å². The molecule has 2 bridgehead atoms. The summed E-state index contributed by atoms with van der Waals surface area (Å²) in [4.78, 5) is 31.7. The quantitative estimate of drug-likeness (QED) is 0.377. The average Bonchev–Trinajstić information content (AvgIpc) is 2.70. The number of aliphatic hydroxyl groups is 1. The summed E-state index contributed by atoms with van der Waals surface area (Å²) in [6.07, 6.45) is 1.91. The molecule has 3 rings (SSSR count). The van der Waals surface area contributed by atoms with E-state index in [2.05, 4.69) is 13.2 Å². The SMILES string of the molecule is C=C/C=C(\O)C1N2OC(CC1(C(=O)OC)C(=O)OC)C(=C)c1ccccc12. The molecule has 0 spiro atoms. The molecule has 2 aliphatic heterocycles. The van der Waals surface area contributed by atoms with Gasteiger partial charge in [-0.3, -0.25) is 14.4 Å². The molecule has 1 N–H and O–H groups in total. The Morgan fingerprint density at radius 2 is 1.93 bits per heavy atom. The summed E-state index contributed by atoms with van der Waals surface area (Å²) >= 11 is 0. The summed E-state index contributed by atoms with van der Waals surface area (Å²) < 4.78 is 9.89. The number of methoxy groups -OCH3 is 2. The van der Waals surface area contributed by atoms with Crippen molar-refractivity contribution in [3.8, 4) is 0 Å². The summed E-state index contributed by atoms with van der Waals surface area (Å²) in [5.41, 5.74) is 0.176. The van der Waals surface area contributed by atoms with Crippen LogP contribution in [0.25, 0.3) is 5.57 Å². The fourth-order valence-corrected chi connectivity index (χ4v) is 3.75. The van der Waals surface area contributed by atoms with Crippen molar-refractivity contribution < 1.29 is 29.0 Å². The minimum Gasteiger partial charge on any atom is -0.510 e. The lowest BCUT2D eigenvalue weighted by molar-refractivity contribution is -0.182. The van der Waals surface area contributed by atoms with Crippen LogP contribution in [0.4, 0.5) is 5.69 Å². The number of anilines is 1. The van der Waals surface area contributed by atoms with Gasteiger partial charge in [0.15, 0.2) is 5.41 Å². The Hall–Kier alpha value is -3.06. The number of esters is 2. The minimum absolute atomic E-state index is 0.0876. The van der Waals surface area contributed by atoms with Crippen LogP contribution in [0.15, 0.2) is 55.3 Å². The standard InChI is InChI=1S/C20H21NO6/c1-5-8-15(22)17-20(18(23)25-3,19(24)26-4)11-16-12(2)13-9-6-7-10-14(13)21(17)27-16/h5-10,16-17,22H,1-2,11H2,3-4H3/b15-8-. The Morgan fingerprint density at radius 3 is 2.52 bits per heavy atom. The molecule has 0 aliphatic carbocycles. The molecule has 7 heteroatoms. The molecular formula is C20H21NO6. The molecule has 2 unspecified atom stereocenters. The summed E-state index contributed by atoms with van der Waals surface area (Å²) in [6.45, 7) is 7.64. The highest BCUT2D eigenvalue weighted by Gasteiger charge is 2.64. The second kappa shape index (κ2) is 6.92. The zero-order valence-corrected chi connectivity index (χ0v) is 15.2. The van der Waals surface area contributed by atoms with Gasteiger partial charge < -0.3 is 14.6 Å². The predicted molar refractivity (Wildman–Crippen MR) is 98.6 cm³/mol. The van der Waals surface area contributed by atoms with E-state index < -0.39 is 29.5 Å². The van der Waals surface area contributed by atoms with Crippen LogP contribution in [0.2, 0.25) is 0 Å². The fourth-order valence-electron chi connectivity index (χ4n) is 3.75. The van der Waals surface area contributed by atoms with E-state index in [1.165, 1.54) is 31.4 Å². The third kappa shape index (κ3) is 2.62. The van der Waals surface area contributed by atoms with Gasteiger partial charge in [-0.05, 0) is 17.7 Å². The van der Waals surface area contributed by atoms with E-state index >= 15 is 0 Å². The Labute approximate surface area is 157 Å².